The molecule has 1 aliphatic rings. The van der Waals surface area contributed by atoms with Crippen molar-refractivity contribution in [1.82, 2.24) is 29.3 Å². The molecule has 186 valence electrons. The van der Waals surface area contributed by atoms with Crippen LogP contribution in [0, 0.1) is 12.7 Å². The SMILES string of the molecule is COc1nc(/C=C/c2nc3n(n2)CCC[C@H]3c2ccc(F)cc2C(F)(F)F)ccc1-n1cnc(C)c1. The molecule has 1 aromatic carbocycles. The molecule has 7 nitrogen and oxygen atoms in total. The Kier molecular flexibility index (Phi) is 6.07. The summed E-state index contributed by atoms with van der Waals surface area (Å²) in [7, 11) is 1.53. The summed E-state index contributed by atoms with van der Waals surface area (Å²) in [5.74, 6) is -0.384. The number of aromatic nitrogens is 6. The van der Waals surface area contributed by atoms with Crippen molar-refractivity contribution in [2.75, 3.05) is 7.11 Å². The van der Waals surface area contributed by atoms with Crippen LogP contribution in [0.1, 0.15) is 52.9 Å². The van der Waals surface area contributed by atoms with Crippen LogP contribution >= 0.6 is 0 Å². The number of imidazole rings is 1. The van der Waals surface area contributed by atoms with Crippen LogP contribution in [0.2, 0.25) is 0 Å². The number of ether oxygens (including phenoxy) is 1. The van der Waals surface area contributed by atoms with Gasteiger partial charge in [0.15, 0.2) is 5.82 Å². The lowest BCUT2D eigenvalue weighted by Gasteiger charge is -2.25. The number of hydrogen-bond donors (Lipinski definition) is 0. The van der Waals surface area contributed by atoms with Crippen LogP contribution in [0.5, 0.6) is 5.88 Å². The molecule has 1 aliphatic heterocycles. The van der Waals surface area contributed by atoms with Gasteiger partial charge in [-0.2, -0.15) is 18.3 Å². The standard InChI is InChI=1S/C25H22F4N6O/c1-15-13-34(14-30-15)21-9-6-17(31-24(21)36-2)7-10-22-32-23-19(4-3-11-35(23)33-22)18-8-5-16(26)12-20(18)25(27,28)29/h5-10,12-14,19H,3-4,11H2,1-2H3/b10-7+/t19-/m0/s1. The molecule has 0 spiro atoms. The molecule has 0 amide bonds. The van der Waals surface area contributed by atoms with Gasteiger partial charge >= 0.3 is 6.18 Å². The molecule has 0 unspecified atom stereocenters. The first kappa shape index (κ1) is 23.7. The number of fused-ring (bicyclic) bond motifs is 1. The van der Waals surface area contributed by atoms with E-state index in [1.807, 2.05) is 23.8 Å². The predicted octanol–water partition coefficient (Wildman–Crippen LogP) is 5.43. The van der Waals surface area contributed by atoms with Crippen LogP contribution < -0.4 is 4.74 Å². The molecule has 4 heterocycles. The Morgan fingerprint density at radius 1 is 1.11 bits per heavy atom. The second-order valence-electron chi connectivity index (χ2n) is 8.50. The maximum atomic E-state index is 13.6. The van der Waals surface area contributed by atoms with Crippen LogP contribution in [0.4, 0.5) is 17.6 Å². The Morgan fingerprint density at radius 2 is 1.94 bits per heavy atom. The van der Waals surface area contributed by atoms with Crippen molar-refractivity contribution >= 4 is 12.2 Å². The Bertz CT molecular complexity index is 1440. The lowest BCUT2D eigenvalue weighted by atomic mass is 9.87. The minimum Gasteiger partial charge on any atom is -0.479 e. The molecule has 0 saturated carbocycles. The Hall–Kier alpha value is -4.02. The number of nitrogens with zero attached hydrogens (tertiary/aromatic N) is 6. The molecule has 1 atom stereocenters. The molecule has 0 fully saturated rings. The van der Waals surface area contributed by atoms with E-state index in [1.165, 1.54) is 13.2 Å². The van der Waals surface area contributed by atoms with Gasteiger partial charge in [0.05, 0.1) is 30.4 Å². The maximum Gasteiger partial charge on any atom is 0.416 e. The number of alkyl halides is 3. The van der Waals surface area contributed by atoms with Crippen molar-refractivity contribution in [3.05, 3.63) is 82.8 Å². The Labute approximate surface area is 204 Å². The van der Waals surface area contributed by atoms with Gasteiger partial charge in [0.2, 0.25) is 5.88 Å². The van der Waals surface area contributed by atoms with Gasteiger partial charge < -0.3 is 9.30 Å². The van der Waals surface area contributed by atoms with E-state index < -0.39 is 23.5 Å². The molecule has 36 heavy (non-hydrogen) atoms. The fraction of sp³-hybridized carbons (Fsp3) is 0.280. The first-order valence-corrected chi connectivity index (χ1v) is 11.3. The third-order valence-electron chi connectivity index (χ3n) is 6.04. The molecule has 11 heteroatoms. The van der Waals surface area contributed by atoms with Crippen LogP contribution in [0.15, 0.2) is 42.9 Å². The van der Waals surface area contributed by atoms with E-state index >= 15 is 0 Å². The highest BCUT2D eigenvalue weighted by atomic mass is 19.4. The van der Waals surface area contributed by atoms with Gasteiger partial charge in [-0.3, -0.25) is 0 Å². The van der Waals surface area contributed by atoms with Crippen molar-refractivity contribution in [1.29, 1.82) is 0 Å². The van der Waals surface area contributed by atoms with Gasteiger partial charge in [0.1, 0.15) is 17.3 Å². The number of benzene rings is 1. The van der Waals surface area contributed by atoms with E-state index in [9.17, 15) is 17.6 Å². The molecule has 0 aliphatic carbocycles. The number of aryl methyl sites for hydroxylation is 2. The summed E-state index contributed by atoms with van der Waals surface area (Å²) in [6.45, 7) is 2.43. The monoisotopic (exact) mass is 498 g/mol. The van der Waals surface area contributed by atoms with Crippen molar-refractivity contribution in [3.63, 3.8) is 0 Å². The second-order valence-corrected chi connectivity index (χ2v) is 8.50. The number of halogens is 4. The Morgan fingerprint density at radius 3 is 2.67 bits per heavy atom. The van der Waals surface area contributed by atoms with Gasteiger partial charge in [0, 0.05) is 18.7 Å². The third kappa shape index (κ3) is 4.60. The maximum absolute atomic E-state index is 13.6. The number of rotatable bonds is 5. The molecule has 3 aromatic heterocycles. The number of pyridine rings is 1. The predicted molar refractivity (Wildman–Crippen MR) is 124 cm³/mol. The van der Waals surface area contributed by atoms with E-state index in [1.54, 1.807) is 29.2 Å². The number of methoxy groups -OCH3 is 1. The van der Waals surface area contributed by atoms with Crippen molar-refractivity contribution in [2.24, 2.45) is 0 Å². The molecule has 0 N–H and O–H groups in total. The van der Waals surface area contributed by atoms with Gasteiger partial charge in [-0.25, -0.2) is 24.0 Å². The van der Waals surface area contributed by atoms with E-state index in [2.05, 4.69) is 20.1 Å². The van der Waals surface area contributed by atoms with E-state index in [0.717, 1.165) is 17.4 Å². The van der Waals surface area contributed by atoms with Crippen LogP contribution in [0.25, 0.3) is 17.8 Å². The fourth-order valence-electron chi connectivity index (χ4n) is 4.41. The smallest absolute Gasteiger partial charge is 0.416 e. The minimum absolute atomic E-state index is 0.00418. The van der Waals surface area contributed by atoms with Gasteiger partial charge in [-0.05, 0) is 61.7 Å². The zero-order valence-electron chi connectivity index (χ0n) is 19.5. The molecule has 0 saturated heterocycles. The molecule has 0 radical (unpaired) electrons. The van der Waals surface area contributed by atoms with Gasteiger partial charge in [-0.1, -0.05) is 6.07 Å². The zero-order chi connectivity index (χ0) is 25.4. The van der Waals surface area contributed by atoms with E-state index in [4.69, 9.17) is 4.74 Å². The molecule has 4 aromatic rings. The van der Waals surface area contributed by atoms with Crippen LogP contribution in [-0.2, 0) is 12.7 Å². The topological polar surface area (TPSA) is 70.7 Å². The highest BCUT2D eigenvalue weighted by molar-refractivity contribution is 5.65. The summed E-state index contributed by atoms with van der Waals surface area (Å²) in [6, 6.07) is 6.44. The van der Waals surface area contributed by atoms with Crippen molar-refractivity contribution < 1.29 is 22.3 Å². The van der Waals surface area contributed by atoms with Crippen molar-refractivity contribution in [3.8, 4) is 11.6 Å². The minimum atomic E-state index is -4.67. The number of hydrogen-bond acceptors (Lipinski definition) is 5. The summed E-state index contributed by atoms with van der Waals surface area (Å²) in [4.78, 5) is 13.2. The quantitative estimate of drug-likeness (QED) is 0.343. The summed E-state index contributed by atoms with van der Waals surface area (Å²) in [5, 5.41) is 4.45. The highest BCUT2D eigenvalue weighted by Gasteiger charge is 2.38. The van der Waals surface area contributed by atoms with Gasteiger partial charge in [-0.15, -0.1) is 0 Å². The lowest BCUT2D eigenvalue weighted by Crippen LogP contribution is -2.21. The van der Waals surface area contributed by atoms with E-state index in [0.29, 0.717) is 48.7 Å². The van der Waals surface area contributed by atoms with Crippen molar-refractivity contribution in [2.45, 2.75) is 38.4 Å². The summed E-state index contributed by atoms with van der Waals surface area (Å²) in [5.41, 5.74) is 1.20. The average Bonchev–Trinajstić information content (AvgIpc) is 3.47. The molecular formula is C25H22F4N6O. The van der Waals surface area contributed by atoms with Crippen LogP contribution in [0.3, 0.4) is 0 Å². The van der Waals surface area contributed by atoms with E-state index in [-0.39, 0.29) is 5.56 Å². The lowest BCUT2D eigenvalue weighted by molar-refractivity contribution is -0.138. The van der Waals surface area contributed by atoms with Gasteiger partial charge in [0.25, 0.3) is 0 Å². The largest absolute Gasteiger partial charge is 0.479 e. The highest BCUT2D eigenvalue weighted by Crippen LogP contribution is 2.40. The first-order chi connectivity index (χ1) is 17.2. The zero-order valence-corrected chi connectivity index (χ0v) is 19.5. The molecule has 5 rings (SSSR count). The molecular weight excluding hydrogens is 476 g/mol. The summed E-state index contributed by atoms with van der Waals surface area (Å²) in [6.07, 6.45) is 3.31. The summed E-state index contributed by atoms with van der Waals surface area (Å²) >= 11 is 0. The second kappa shape index (κ2) is 9.21. The summed E-state index contributed by atoms with van der Waals surface area (Å²) < 4.78 is 63.4. The Balaban J connectivity index is 1.44. The first-order valence-electron chi connectivity index (χ1n) is 11.3. The normalized spacial score (nSPS) is 15.9. The third-order valence-corrected chi connectivity index (χ3v) is 6.04. The van der Waals surface area contributed by atoms with Crippen LogP contribution in [-0.4, -0.2) is 36.4 Å². The molecule has 0 bridgehead atoms. The fourth-order valence-corrected chi connectivity index (χ4v) is 4.41. The average molecular weight is 498 g/mol.